The Morgan fingerprint density at radius 1 is 1.44 bits per heavy atom. The number of rotatable bonds is 7. The monoisotopic (exact) mass is 219 g/mol. The van der Waals surface area contributed by atoms with Crippen molar-refractivity contribution in [3.8, 4) is 5.75 Å². The average Bonchev–Trinajstić information content (AvgIpc) is 2.30. The number of benzene rings is 1. The molecular formula is C14H21NO. The highest BCUT2D eigenvalue weighted by molar-refractivity contribution is 5.33. The molecule has 1 unspecified atom stereocenters. The molecule has 0 aromatic heterocycles. The van der Waals surface area contributed by atoms with Crippen LogP contribution in [0.4, 0.5) is 0 Å². The lowest BCUT2D eigenvalue weighted by Crippen LogP contribution is -2.29. The van der Waals surface area contributed by atoms with E-state index in [0.29, 0.717) is 0 Å². The molecule has 0 saturated carbocycles. The SMILES string of the molecule is C=CCNCC(C)Oc1ccccc1CC. The molecule has 16 heavy (non-hydrogen) atoms. The Bertz CT molecular complexity index is 322. The van der Waals surface area contributed by atoms with Crippen molar-refractivity contribution in [2.75, 3.05) is 13.1 Å². The summed E-state index contributed by atoms with van der Waals surface area (Å²) < 4.78 is 5.89. The molecule has 2 nitrogen and oxygen atoms in total. The van der Waals surface area contributed by atoms with Crippen LogP contribution in [-0.2, 0) is 6.42 Å². The summed E-state index contributed by atoms with van der Waals surface area (Å²) in [5, 5.41) is 3.25. The van der Waals surface area contributed by atoms with E-state index >= 15 is 0 Å². The van der Waals surface area contributed by atoms with Crippen molar-refractivity contribution in [2.45, 2.75) is 26.4 Å². The largest absolute Gasteiger partial charge is 0.489 e. The van der Waals surface area contributed by atoms with Crippen LogP contribution in [-0.4, -0.2) is 19.2 Å². The predicted molar refractivity (Wildman–Crippen MR) is 69.0 cm³/mol. The minimum Gasteiger partial charge on any atom is -0.489 e. The van der Waals surface area contributed by atoms with Gasteiger partial charge in [-0.3, -0.25) is 0 Å². The molecule has 0 heterocycles. The Kier molecular flexibility index (Phi) is 5.65. The molecule has 0 spiro atoms. The standard InChI is InChI=1S/C14H21NO/c1-4-10-15-11-12(3)16-14-9-7-6-8-13(14)5-2/h4,6-9,12,15H,1,5,10-11H2,2-3H3. The van der Waals surface area contributed by atoms with E-state index in [0.717, 1.165) is 25.3 Å². The third-order valence-corrected chi connectivity index (χ3v) is 2.40. The first kappa shape index (κ1) is 12.8. The molecule has 0 radical (unpaired) electrons. The van der Waals surface area contributed by atoms with E-state index in [1.807, 2.05) is 24.3 Å². The van der Waals surface area contributed by atoms with Crippen LogP contribution in [0.3, 0.4) is 0 Å². The van der Waals surface area contributed by atoms with Crippen molar-refractivity contribution in [1.82, 2.24) is 5.32 Å². The van der Waals surface area contributed by atoms with Crippen LogP contribution in [0.5, 0.6) is 5.75 Å². The lowest BCUT2D eigenvalue weighted by molar-refractivity contribution is 0.217. The molecule has 0 saturated heterocycles. The third kappa shape index (κ3) is 4.07. The van der Waals surface area contributed by atoms with Gasteiger partial charge in [0, 0.05) is 13.1 Å². The number of hydrogen-bond donors (Lipinski definition) is 1. The van der Waals surface area contributed by atoms with Crippen molar-refractivity contribution < 1.29 is 4.74 Å². The van der Waals surface area contributed by atoms with Gasteiger partial charge in [0.25, 0.3) is 0 Å². The lowest BCUT2D eigenvalue weighted by Gasteiger charge is -2.17. The normalized spacial score (nSPS) is 12.1. The topological polar surface area (TPSA) is 21.3 Å². The second-order valence-electron chi connectivity index (χ2n) is 3.84. The molecule has 1 aromatic rings. The van der Waals surface area contributed by atoms with Gasteiger partial charge in [-0.2, -0.15) is 0 Å². The van der Waals surface area contributed by atoms with E-state index in [-0.39, 0.29) is 6.10 Å². The third-order valence-electron chi connectivity index (χ3n) is 2.40. The Labute approximate surface area is 98.3 Å². The molecular weight excluding hydrogens is 198 g/mol. The summed E-state index contributed by atoms with van der Waals surface area (Å²) in [7, 11) is 0. The Hall–Kier alpha value is -1.28. The fourth-order valence-electron chi connectivity index (χ4n) is 1.56. The summed E-state index contributed by atoms with van der Waals surface area (Å²) in [6.45, 7) is 9.54. The van der Waals surface area contributed by atoms with Crippen LogP contribution in [0.25, 0.3) is 0 Å². The molecule has 0 aliphatic rings. The lowest BCUT2D eigenvalue weighted by atomic mass is 10.1. The minimum atomic E-state index is 0.174. The highest BCUT2D eigenvalue weighted by atomic mass is 16.5. The van der Waals surface area contributed by atoms with Crippen molar-refractivity contribution in [2.24, 2.45) is 0 Å². The van der Waals surface area contributed by atoms with Gasteiger partial charge in [0.15, 0.2) is 0 Å². The van der Waals surface area contributed by atoms with Crippen LogP contribution in [0, 0.1) is 0 Å². The number of hydrogen-bond acceptors (Lipinski definition) is 2. The first-order valence-corrected chi connectivity index (χ1v) is 5.84. The number of para-hydroxylation sites is 1. The van der Waals surface area contributed by atoms with E-state index in [1.165, 1.54) is 5.56 Å². The molecule has 1 aromatic carbocycles. The summed E-state index contributed by atoms with van der Waals surface area (Å²) in [4.78, 5) is 0. The van der Waals surface area contributed by atoms with Crippen LogP contribution >= 0.6 is 0 Å². The zero-order valence-corrected chi connectivity index (χ0v) is 10.2. The molecule has 1 N–H and O–H groups in total. The summed E-state index contributed by atoms with van der Waals surface area (Å²) in [5.74, 6) is 0.998. The zero-order valence-electron chi connectivity index (χ0n) is 10.2. The van der Waals surface area contributed by atoms with Gasteiger partial charge in [-0.1, -0.05) is 31.2 Å². The maximum Gasteiger partial charge on any atom is 0.122 e. The summed E-state index contributed by atoms with van der Waals surface area (Å²) in [6.07, 6.45) is 3.03. The molecule has 0 amide bonds. The van der Waals surface area contributed by atoms with Crippen molar-refractivity contribution >= 4 is 0 Å². The highest BCUT2D eigenvalue weighted by Gasteiger charge is 2.05. The van der Waals surface area contributed by atoms with Crippen LogP contribution in [0.1, 0.15) is 19.4 Å². The zero-order chi connectivity index (χ0) is 11.8. The van der Waals surface area contributed by atoms with Gasteiger partial charge >= 0.3 is 0 Å². The number of ether oxygens (including phenoxy) is 1. The first-order chi connectivity index (χ1) is 7.77. The van der Waals surface area contributed by atoms with Crippen LogP contribution < -0.4 is 10.1 Å². The number of aryl methyl sites for hydroxylation is 1. The smallest absolute Gasteiger partial charge is 0.122 e. The van der Waals surface area contributed by atoms with Crippen molar-refractivity contribution in [1.29, 1.82) is 0 Å². The molecule has 0 aliphatic heterocycles. The van der Waals surface area contributed by atoms with Gasteiger partial charge in [0.05, 0.1) is 0 Å². The van der Waals surface area contributed by atoms with Gasteiger partial charge in [0.2, 0.25) is 0 Å². The summed E-state index contributed by atoms with van der Waals surface area (Å²) in [5.41, 5.74) is 1.26. The number of nitrogens with one attached hydrogen (secondary N) is 1. The molecule has 88 valence electrons. The van der Waals surface area contributed by atoms with Gasteiger partial charge < -0.3 is 10.1 Å². The fourth-order valence-corrected chi connectivity index (χ4v) is 1.56. The average molecular weight is 219 g/mol. The Balaban J connectivity index is 2.48. The van der Waals surface area contributed by atoms with Gasteiger partial charge in [-0.15, -0.1) is 6.58 Å². The van der Waals surface area contributed by atoms with Crippen LogP contribution in [0.2, 0.25) is 0 Å². The van der Waals surface area contributed by atoms with Gasteiger partial charge in [-0.25, -0.2) is 0 Å². The summed E-state index contributed by atoms with van der Waals surface area (Å²) >= 11 is 0. The minimum absolute atomic E-state index is 0.174. The Morgan fingerprint density at radius 2 is 2.19 bits per heavy atom. The van der Waals surface area contributed by atoms with E-state index in [1.54, 1.807) is 0 Å². The maximum absolute atomic E-state index is 5.89. The predicted octanol–water partition coefficient (Wildman–Crippen LogP) is 2.79. The quantitative estimate of drug-likeness (QED) is 0.562. The molecule has 1 rings (SSSR count). The van der Waals surface area contributed by atoms with Crippen molar-refractivity contribution in [3.63, 3.8) is 0 Å². The molecule has 1 atom stereocenters. The maximum atomic E-state index is 5.89. The van der Waals surface area contributed by atoms with E-state index in [9.17, 15) is 0 Å². The second-order valence-corrected chi connectivity index (χ2v) is 3.84. The first-order valence-electron chi connectivity index (χ1n) is 5.84. The molecule has 2 heteroatoms. The van der Waals surface area contributed by atoms with E-state index in [4.69, 9.17) is 4.74 Å². The molecule has 0 bridgehead atoms. The van der Waals surface area contributed by atoms with E-state index < -0.39 is 0 Å². The van der Waals surface area contributed by atoms with Crippen LogP contribution in [0.15, 0.2) is 36.9 Å². The van der Waals surface area contributed by atoms with Gasteiger partial charge in [0.1, 0.15) is 11.9 Å². The molecule has 0 aliphatic carbocycles. The van der Waals surface area contributed by atoms with E-state index in [2.05, 4.69) is 31.8 Å². The molecule has 0 fully saturated rings. The van der Waals surface area contributed by atoms with Crippen molar-refractivity contribution in [3.05, 3.63) is 42.5 Å². The van der Waals surface area contributed by atoms with Gasteiger partial charge in [-0.05, 0) is 25.0 Å². The highest BCUT2D eigenvalue weighted by Crippen LogP contribution is 2.19. The Morgan fingerprint density at radius 3 is 2.88 bits per heavy atom. The fraction of sp³-hybridized carbons (Fsp3) is 0.429. The summed E-state index contributed by atoms with van der Waals surface area (Å²) in [6, 6.07) is 8.20. The second kappa shape index (κ2) is 7.07.